The van der Waals surface area contributed by atoms with E-state index in [4.69, 9.17) is 0 Å². The number of hydrogen-bond donors (Lipinski definition) is 1. The Morgan fingerprint density at radius 3 is 2.17 bits per heavy atom. The van der Waals surface area contributed by atoms with Crippen LogP contribution in [0.25, 0.3) is 0 Å². The van der Waals surface area contributed by atoms with Crippen LogP contribution in [0, 0.1) is 0 Å². The molecule has 0 aromatic rings. The molecule has 0 rings (SSSR count). The van der Waals surface area contributed by atoms with E-state index in [0.717, 1.165) is 5.06 Å². The van der Waals surface area contributed by atoms with Crippen LogP contribution in [-0.4, -0.2) is 30.2 Å². The van der Waals surface area contributed by atoms with Crippen molar-refractivity contribution in [2.75, 3.05) is 7.05 Å². The van der Waals surface area contributed by atoms with Crippen molar-refractivity contribution in [1.29, 1.82) is 0 Å². The first-order chi connectivity index (χ1) is 5.49. The number of carbonyl (C=O) groups excluding carboxylic acids is 2. The first kappa shape index (κ1) is 10.9. The summed E-state index contributed by atoms with van der Waals surface area (Å²) < 4.78 is 0. The zero-order valence-corrected chi connectivity index (χ0v) is 7.75. The van der Waals surface area contributed by atoms with Crippen molar-refractivity contribution in [2.24, 2.45) is 0 Å². The molecule has 0 aliphatic heterocycles. The summed E-state index contributed by atoms with van der Waals surface area (Å²) in [4.78, 5) is 26.1. The molecule has 0 spiro atoms. The van der Waals surface area contributed by atoms with Gasteiger partial charge in [0.15, 0.2) is 0 Å². The third-order valence-corrected chi connectivity index (χ3v) is 1.31. The molecule has 1 unspecified atom stereocenters. The molecule has 0 fully saturated rings. The van der Waals surface area contributed by atoms with E-state index in [2.05, 4.69) is 10.2 Å². The Hall–Kier alpha value is -1.10. The molecule has 0 radical (unpaired) electrons. The van der Waals surface area contributed by atoms with E-state index < -0.39 is 5.97 Å². The number of hydroxylamine groups is 2. The van der Waals surface area contributed by atoms with Gasteiger partial charge < -0.3 is 4.84 Å². The van der Waals surface area contributed by atoms with Gasteiger partial charge in [-0.15, -0.1) is 0 Å². The van der Waals surface area contributed by atoms with Gasteiger partial charge in [-0.05, 0) is 14.0 Å². The second kappa shape index (κ2) is 4.71. The Morgan fingerprint density at radius 1 is 1.42 bits per heavy atom. The van der Waals surface area contributed by atoms with Crippen LogP contribution in [0.3, 0.4) is 0 Å². The maximum absolute atomic E-state index is 10.9. The van der Waals surface area contributed by atoms with Crippen molar-refractivity contribution < 1.29 is 14.4 Å². The lowest BCUT2D eigenvalue weighted by molar-refractivity contribution is -0.205. The van der Waals surface area contributed by atoms with Crippen LogP contribution in [0.4, 0.5) is 0 Å². The third kappa shape index (κ3) is 3.34. The summed E-state index contributed by atoms with van der Waals surface area (Å²) in [5.41, 5.74) is 0. The predicted octanol–water partition coefficient (Wildman–Crippen LogP) is -0.122. The lowest BCUT2D eigenvalue weighted by atomic mass is 10.5. The molecule has 0 bridgehead atoms. The normalized spacial score (nSPS) is 12.0. The highest BCUT2D eigenvalue weighted by Crippen LogP contribution is 1.97. The van der Waals surface area contributed by atoms with Crippen LogP contribution in [-0.2, 0) is 14.4 Å². The van der Waals surface area contributed by atoms with Crippen LogP contribution < -0.4 is 5.32 Å². The number of nitrogens with zero attached hydrogens (tertiary/aromatic N) is 1. The number of amides is 1. The fourth-order valence-electron chi connectivity index (χ4n) is 0.672. The number of hydrogen-bond acceptors (Lipinski definition) is 4. The zero-order valence-electron chi connectivity index (χ0n) is 7.75. The summed E-state index contributed by atoms with van der Waals surface area (Å²) in [6.07, 6.45) is -0.314. The van der Waals surface area contributed by atoms with E-state index in [0.29, 0.717) is 0 Å². The van der Waals surface area contributed by atoms with Crippen LogP contribution in [0.1, 0.15) is 20.8 Å². The Bertz CT molecular complexity index is 181. The summed E-state index contributed by atoms with van der Waals surface area (Å²) in [6, 6.07) is 0. The minimum Gasteiger partial charge on any atom is -0.337 e. The molecule has 0 aliphatic rings. The largest absolute Gasteiger partial charge is 0.337 e. The van der Waals surface area contributed by atoms with E-state index in [1.807, 2.05) is 0 Å². The zero-order chi connectivity index (χ0) is 9.72. The molecule has 0 saturated heterocycles. The molecule has 1 atom stereocenters. The molecule has 0 saturated carbocycles. The molecule has 0 aromatic carbocycles. The predicted molar refractivity (Wildman–Crippen MR) is 42.8 cm³/mol. The molecule has 1 amide bonds. The highest BCUT2D eigenvalue weighted by molar-refractivity contribution is 5.75. The van der Waals surface area contributed by atoms with Crippen LogP contribution in [0.5, 0.6) is 0 Å². The molecular weight excluding hydrogens is 160 g/mol. The van der Waals surface area contributed by atoms with E-state index in [-0.39, 0.29) is 12.1 Å². The average molecular weight is 174 g/mol. The van der Waals surface area contributed by atoms with Gasteiger partial charge in [-0.1, -0.05) is 0 Å². The van der Waals surface area contributed by atoms with E-state index in [1.165, 1.54) is 13.8 Å². The molecular formula is C7H14N2O3. The van der Waals surface area contributed by atoms with Gasteiger partial charge in [0.05, 0.1) is 0 Å². The molecule has 12 heavy (non-hydrogen) atoms. The highest BCUT2D eigenvalue weighted by Gasteiger charge is 2.17. The minimum absolute atomic E-state index is 0.313. The van der Waals surface area contributed by atoms with Crippen LogP contribution in [0.15, 0.2) is 0 Å². The number of rotatable bonds is 2. The monoisotopic (exact) mass is 174 g/mol. The standard InChI is InChI=1S/C7H14N2O3/c1-5(8-4)9(6(2)10)12-7(3)11/h5,8H,1-4H3. The molecule has 0 heterocycles. The van der Waals surface area contributed by atoms with Crippen molar-refractivity contribution in [3.8, 4) is 0 Å². The van der Waals surface area contributed by atoms with Crippen molar-refractivity contribution in [3.63, 3.8) is 0 Å². The molecule has 1 N–H and O–H groups in total. The van der Waals surface area contributed by atoms with Gasteiger partial charge in [-0.3, -0.25) is 14.9 Å². The Kier molecular flexibility index (Phi) is 4.28. The number of carbonyl (C=O) groups is 2. The van der Waals surface area contributed by atoms with E-state index >= 15 is 0 Å². The average Bonchev–Trinajstić information content (AvgIpc) is 1.98. The first-order valence-electron chi connectivity index (χ1n) is 3.64. The van der Waals surface area contributed by atoms with Crippen molar-refractivity contribution in [1.82, 2.24) is 10.4 Å². The fourth-order valence-corrected chi connectivity index (χ4v) is 0.672. The number of nitrogens with one attached hydrogen (secondary N) is 1. The summed E-state index contributed by atoms with van der Waals surface area (Å²) >= 11 is 0. The summed E-state index contributed by atoms with van der Waals surface area (Å²) in [7, 11) is 1.67. The second-order valence-electron chi connectivity index (χ2n) is 2.39. The Balaban J connectivity index is 4.22. The first-order valence-corrected chi connectivity index (χ1v) is 3.64. The van der Waals surface area contributed by atoms with Crippen LogP contribution in [0.2, 0.25) is 0 Å². The van der Waals surface area contributed by atoms with Gasteiger partial charge in [0.1, 0.15) is 6.17 Å². The maximum atomic E-state index is 10.9. The topological polar surface area (TPSA) is 58.6 Å². The van der Waals surface area contributed by atoms with Crippen molar-refractivity contribution in [3.05, 3.63) is 0 Å². The van der Waals surface area contributed by atoms with E-state index in [1.54, 1.807) is 14.0 Å². The molecule has 0 aromatic heterocycles. The molecule has 5 heteroatoms. The summed E-state index contributed by atoms with van der Waals surface area (Å²) in [6.45, 7) is 4.29. The van der Waals surface area contributed by atoms with Gasteiger partial charge in [0, 0.05) is 13.8 Å². The minimum atomic E-state index is -0.507. The molecule has 70 valence electrons. The van der Waals surface area contributed by atoms with Crippen molar-refractivity contribution in [2.45, 2.75) is 26.9 Å². The smallest absolute Gasteiger partial charge is 0.329 e. The fraction of sp³-hybridized carbons (Fsp3) is 0.714. The second-order valence-corrected chi connectivity index (χ2v) is 2.39. The quantitative estimate of drug-likeness (QED) is 0.468. The van der Waals surface area contributed by atoms with Crippen LogP contribution >= 0.6 is 0 Å². The summed E-state index contributed by atoms with van der Waals surface area (Å²) in [5, 5.41) is 3.77. The lowest BCUT2D eigenvalue weighted by Gasteiger charge is -2.24. The SMILES string of the molecule is CNC(C)N(OC(C)=O)C(C)=O. The lowest BCUT2D eigenvalue weighted by Crippen LogP contribution is -2.45. The van der Waals surface area contributed by atoms with Gasteiger partial charge in [0.25, 0.3) is 5.91 Å². The van der Waals surface area contributed by atoms with Gasteiger partial charge in [0.2, 0.25) is 0 Å². The highest BCUT2D eigenvalue weighted by atomic mass is 16.7. The Morgan fingerprint density at radius 2 is 1.92 bits per heavy atom. The Labute approximate surface area is 71.6 Å². The molecule has 5 nitrogen and oxygen atoms in total. The van der Waals surface area contributed by atoms with Crippen molar-refractivity contribution >= 4 is 11.9 Å². The van der Waals surface area contributed by atoms with Gasteiger partial charge in [-0.25, -0.2) is 0 Å². The van der Waals surface area contributed by atoms with Gasteiger partial charge in [-0.2, -0.15) is 5.06 Å². The third-order valence-electron chi connectivity index (χ3n) is 1.31. The summed E-state index contributed by atoms with van der Waals surface area (Å²) in [5.74, 6) is -0.820. The molecule has 0 aliphatic carbocycles. The maximum Gasteiger partial charge on any atom is 0.329 e. The van der Waals surface area contributed by atoms with E-state index in [9.17, 15) is 9.59 Å². The van der Waals surface area contributed by atoms with Gasteiger partial charge >= 0.3 is 5.97 Å².